The van der Waals surface area contributed by atoms with Gasteiger partial charge in [0.25, 0.3) is 0 Å². The molecule has 0 radical (unpaired) electrons. The largest absolute Gasteiger partial charge is 0.456 e. The Bertz CT molecular complexity index is 7100. The summed E-state index contributed by atoms with van der Waals surface area (Å²) in [5.41, 5.74) is 27.3. The molecule has 6 heterocycles. The third-order valence-electron chi connectivity index (χ3n) is 21.1. The molecule has 0 amide bonds. The molecule has 0 saturated heterocycles. The summed E-state index contributed by atoms with van der Waals surface area (Å²) in [6.07, 6.45) is 0. The Kier molecular flexibility index (Phi) is 12.9. The lowest BCUT2D eigenvalue weighted by atomic mass is 10.0. The first kappa shape index (κ1) is 57.4. The number of benzene rings is 16. The molecule has 0 aliphatic rings. The monoisotopic (exact) mass is 1300 g/mol. The van der Waals surface area contributed by atoms with E-state index in [0.717, 1.165) is 77.5 Å². The van der Waals surface area contributed by atoms with Gasteiger partial charge >= 0.3 is 0 Å². The number of aromatic nitrogens is 4. The van der Waals surface area contributed by atoms with Crippen molar-refractivity contribution in [3.05, 3.63) is 364 Å². The van der Waals surface area contributed by atoms with Gasteiger partial charge in [-0.25, -0.2) is 0 Å². The molecule has 0 fully saturated rings. The van der Waals surface area contributed by atoms with Gasteiger partial charge in [0.15, 0.2) is 0 Å². The van der Waals surface area contributed by atoms with Gasteiger partial charge in [-0.15, -0.1) is 0 Å². The Morgan fingerprint density at radius 3 is 0.882 bits per heavy atom. The third-order valence-corrected chi connectivity index (χ3v) is 21.1. The summed E-state index contributed by atoms with van der Waals surface area (Å²) in [6.45, 7) is 0. The van der Waals surface area contributed by atoms with Crippen LogP contribution in [0.2, 0.25) is 0 Å². The van der Waals surface area contributed by atoms with Crippen LogP contribution in [0.4, 0.5) is 0 Å². The molecule has 0 saturated carbocycles. The Balaban J connectivity index is 0.000000133. The van der Waals surface area contributed by atoms with Crippen LogP contribution in [0.3, 0.4) is 0 Å². The molecule has 102 heavy (non-hydrogen) atoms. The molecule has 0 bridgehead atoms. The van der Waals surface area contributed by atoms with Gasteiger partial charge in [0.2, 0.25) is 0 Å². The van der Waals surface area contributed by atoms with Crippen molar-refractivity contribution in [1.82, 2.24) is 18.3 Å². The minimum absolute atomic E-state index is 0.914. The number of hydrogen-bond donors (Lipinski definition) is 0. The van der Waals surface area contributed by atoms with Crippen LogP contribution in [0.5, 0.6) is 0 Å². The van der Waals surface area contributed by atoms with E-state index in [2.05, 4.69) is 358 Å². The summed E-state index contributed by atoms with van der Waals surface area (Å²) >= 11 is 0. The van der Waals surface area contributed by atoms with Crippen LogP contribution in [0.15, 0.2) is 373 Å². The van der Waals surface area contributed by atoms with Crippen LogP contribution in [-0.2, 0) is 0 Å². The molecular weight excluding hydrogens is 1240 g/mol. The average molecular weight is 1300 g/mol. The molecule has 0 aliphatic carbocycles. The number of furan rings is 2. The third kappa shape index (κ3) is 9.06. The number of rotatable bonds is 8. The molecule has 22 rings (SSSR count). The highest BCUT2D eigenvalue weighted by atomic mass is 16.3. The van der Waals surface area contributed by atoms with E-state index < -0.39 is 0 Å². The quantitative estimate of drug-likeness (QED) is 0.152. The minimum Gasteiger partial charge on any atom is -0.456 e. The van der Waals surface area contributed by atoms with Gasteiger partial charge in [-0.2, -0.15) is 0 Å². The molecule has 16 aromatic carbocycles. The van der Waals surface area contributed by atoms with Gasteiger partial charge in [0.05, 0.1) is 44.1 Å². The Morgan fingerprint density at radius 2 is 0.451 bits per heavy atom. The molecule has 476 valence electrons. The molecular formula is C96H60N4O2. The molecule has 6 aromatic heterocycles. The summed E-state index contributed by atoms with van der Waals surface area (Å²) in [4.78, 5) is 0. The highest BCUT2D eigenvalue weighted by molar-refractivity contribution is 6.16. The van der Waals surface area contributed by atoms with Crippen LogP contribution >= 0.6 is 0 Å². The number of para-hydroxylation sites is 9. The van der Waals surface area contributed by atoms with Crippen LogP contribution in [0.1, 0.15) is 0 Å². The van der Waals surface area contributed by atoms with Gasteiger partial charge < -0.3 is 27.1 Å². The molecule has 0 atom stereocenters. The fraction of sp³-hybridized carbons (Fsp3) is 0. The van der Waals surface area contributed by atoms with Gasteiger partial charge in [0.1, 0.15) is 22.3 Å². The zero-order valence-electron chi connectivity index (χ0n) is 55.2. The van der Waals surface area contributed by atoms with E-state index in [1.807, 2.05) is 24.3 Å². The van der Waals surface area contributed by atoms with Crippen molar-refractivity contribution in [1.29, 1.82) is 0 Å². The van der Waals surface area contributed by atoms with Crippen molar-refractivity contribution in [3.8, 4) is 67.3 Å². The summed E-state index contributed by atoms with van der Waals surface area (Å²) in [6, 6.07) is 131. The zero-order valence-corrected chi connectivity index (χ0v) is 55.2. The smallest absolute Gasteiger partial charge is 0.143 e. The maximum Gasteiger partial charge on any atom is 0.143 e. The van der Waals surface area contributed by atoms with Crippen molar-refractivity contribution in [2.75, 3.05) is 0 Å². The highest BCUT2D eigenvalue weighted by Gasteiger charge is 2.21. The Labute approximate surface area is 585 Å². The average Bonchev–Trinajstić information content (AvgIpc) is 1.59. The number of fused-ring (bicyclic) bond motifs is 18. The van der Waals surface area contributed by atoms with E-state index in [0.29, 0.717) is 0 Å². The minimum atomic E-state index is 0.914. The van der Waals surface area contributed by atoms with Crippen molar-refractivity contribution in [2.45, 2.75) is 0 Å². The lowest BCUT2D eigenvalue weighted by Gasteiger charge is -2.10. The van der Waals surface area contributed by atoms with E-state index >= 15 is 0 Å². The Hall–Kier alpha value is -13.7. The van der Waals surface area contributed by atoms with Gasteiger partial charge in [-0.3, -0.25) is 0 Å². The van der Waals surface area contributed by atoms with E-state index in [-0.39, 0.29) is 0 Å². The SMILES string of the molecule is c1ccc(-n2c3ccccc3c3cc(-c4ccc5c(c4)c4ccccc4n5-c4ccc(-c5ccc6c(c5)oc5ccccc56)cc4)ccc32)cc1.c1ccc(-n2c3ccccc3c3cc(-c4ccc5c(c4)c4ccccc4n5-c4ccc(-c5cccc6c5oc5ccccc56)cc4)ccc32)cc1. The number of nitrogens with zero attached hydrogens (tertiary/aromatic N) is 4. The Morgan fingerprint density at radius 1 is 0.157 bits per heavy atom. The van der Waals surface area contributed by atoms with Crippen molar-refractivity contribution in [3.63, 3.8) is 0 Å². The highest BCUT2D eigenvalue weighted by Crippen LogP contribution is 2.43. The van der Waals surface area contributed by atoms with Crippen molar-refractivity contribution in [2.24, 2.45) is 0 Å². The first-order valence-corrected chi connectivity index (χ1v) is 34.9. The predicted octanol–water partition coefficient (Wildman–Crippen LogP) is 26.2. The lowest BCUT2D eigenvalue weighted by Crippen LogP contribution is -1.94. The second kappa shape index (κ2) is 23.0. The van der Waals surface area contributed by atoms with Gasteiger partial charge in [-0.05, 0) is 185 Å². The molecule has 6 heteroatoms. The second-order valence-corrected chi connectivity index (χ2v) is 26.7. The normalized spacial score (nSPS) is 11.9. The second-order valence-electron chi connectivity index (χ2n) is 26.7. The molecule has 22 aromatic rings. The van der Waals surface area contributed by atoms with Crippen LogP contribution < -0.4 is 0 Å². The summed E-state index contributed by atoms with van der Waals surface area (Å²) in [5, 5.41) is 14.6. The van der Waals surface area contributed by atoms with Crippen molar-refractivity contribution < 1.29 is 8.83 Å². The van der Waals surface area contributed by atoms with E-state index in [4.69, 9.17) is 8.83 Å². The molecule has 0 unspecified atom stereocenters. The van der Waals surface area contributed by atoms with Crippen LogP contribution in [0.25, 0.3) is 198 Å². The summed E-state index contributed by atoms with van der Waals surface area (Å²) in [5.74, 6) is 0. The summed E-state index contributed by atoms with van der Waals surface area (Å²) in [7, 11) is 0. The maximum atomic E-state index is 6.36. The maximum absolute atomic E-state index is 6.36. The first-order chi connectivity index (χ1) is 50.6. The van der Waals surface area contributed by atoms with E-state index in [1.54, 1.807) is 0 Å². The number of hydrogen-bond acceptors (Lipinski definition) is 2. The predicted molar refractivity (Wildman–Crippen MR) is 427 cm³/mol. The molecule has 0 aliphatic heterocycles. The zero-order chi connectivity index (χ0) is 66.9. The van der Waals surface area contributed by atoms with E-state index in [9.17, 15) is 0 Å². The van der Waals surface area contributed by atoms with E-state index in [1.165, 1.54) is 121 Å². The van der Waals surface area contributed by atoms with Crippen molar-refractivity contribution >= 4 is 131 Å². The topological polar surface area (TPSA) is 46.0 Å². The molecule has 0 N–H and O–H groups in total. The van der Waals surface area contributed by atoms with Crippen LogP contribution in [-0.4, -0.2) is 18.3 Å². The summed E-state index contributed by atoms with van der Waals surface area (Å²) < 4.78 is 22.1. The fourth-order valence-corrected chi connectivity index (χ4v) is 16.3. The fourth-order valence-electron chi connectivity index (χ4n) is 16.3. The lowest BCUT2D eigenvalue weighted by molar-refractivity contribution is 0.669. The van der Waals surface area contributed by atoms with Crippen LogP contribution in [0, 0.1) is 0 Å². The van der Waals surface area contributed by atoms with Gasteiger partial charge in [0, 0.05) is 92.9 Å². The van der Waals surface area contributed by atoms with Gasteiger partial charge in [-0.1, -0.05) is 218 Å². The standard InChI is InChI=1S/2C48H30N2O/c1-2-11-34(12-3-1)49-43-18-7-4-13-37(43)41-29-32(23-27-45(41)49)33-24-28-46-42(30-33)38-14-5-8-19-44(38)50(46)35-25-21-31(22-26-35)36-16-10-17-40-39-15-6-9-20-47(39)51-48(36)40;1-2-10-35(11-3-1)49-43-15-7-4-12-37(43)41-28-32(21-26-45(41)49)33-22-27-46-42(29-33)38-13-5-8-16-44(38)50(46)36-23-18-31(19-24-36)34-20-25-40-39-14-6-9-17-47(39)51-48(40)30-34/h2*1-30H. The molecule has 6 nitrogen and oxygen atoms in total. The first-order valence-electron chi connectivity index (χ1n) is 34.9. The molecule has 0 spiro atoms.